The lowest BCUT2D eigenvalue weighted by Gasteiger charge is -2.09. The minimum atomic E-state index is 0.661. The first kappa shape index (κ1) is 15.2. The standard InChI is InChI=1S/C16H17ClN4S/c1-10-20-15(19-8-2-7-18)14-13(9-22-16(14)21-10)11-3-5-12(17)6-4-11/h3-6,9H,2,7-8,18H2,1H3,(H,19,20,21). The van der Waals surface area contributed by atoms with Gasteiger partial charge in [0.25, 0.3) is 0 Å². The van der Waals surface area contributed by atoms with Crippen LogP contribution in [0.5, 0.6) is 0 Å². The van der Waals surface area contributed by atoms with Crippen LogP contribution in [0, 0.1) is 6.92 Å². The first-order valence-corrected chi connectivity index (χ1v) is 8.40. The fraction of sp³-hybridized carbons (Fsp3) is 0.250. The number of anilines is 1. The molecule has 1 aromatic carbocycles. The van der Waals surface area contributed by atoms with Gasteiger partial charge >= 0.3 is 0 Å². The number of nitrogens with one attached hydrogen (secondary N) is 1. The molecular weight excluding hydrogens is 316 g/mol. The topological polar surface area (TPSA) is 63.8 Å². The fourth-order valence-corrected chi connectivity index (χ4v) is 3.45. The van der Waals surface area contributed by atoms with Crippen molar-refractivity contribution in [1.29, 1.82) is 0 Å². The normalized spacial score (nSPS) is 11.0. The summed E-state index contributed by atoms with van der Waals surface area (Å²) in [7, 11) is 0. The maximum Gasteiger partial charge on any atom is 0.139 e. The SMILES string of the molecule is Cc1nc(NCCCN)c2c(-c3ccc(Cl)cc3)csc2n1. The number of nitrogens with two attached hydrogens (primary N) is 1. The van der Waals surface area contributed by atoms with Crippen molar-refractivity contribution in [1.82, 2.24) is 9.97 Å². The summed E-state index contributed by atoms with van der Waals surface area (Å²) in [6, 6.07) is 7.84. The molecule has 0 saturated carbocycles. The Hall–Kier alpha value is -1.69. The van der Waals surface area contributed by atoms with Gasteiger partial charge in [-0.1, -0.05) is 23.7 Å². The first-order valence-electron chi connectivity index (χ1n) is 7.15. The third kappa shape index (κ3) is 3.06. The Bertz CT molecular complexity index is 783. The van der Waals surface area contributed by atoms with Crippen molar-refractivity contribution in [3.05, 3.63) is 40.5 Å². The van der Waals surface area contributed by atoms with Crippen molar-refractivity contribution in [3.8, 4) is 11.1 Å². The summed E-state index contributed by atoms with van der Waals surface area (Å²) >= 11 is 7.61. The van der Waals surface area contributed by atoms with Gasteiger partial charge in [0.15, 0.2) is 0 Å². The minimum Gasteiger partial charge on any atom is -0.369 e. The molecule has 0 fully saturated rings. The average Bonchev–Trinajstić information content (AvgIpc) is 2.92. The number of thiophene rings is 1. The predicted molar refractivity (Wildman–Crippen MR) is 94.8 cm³/mol. The molecule has 0 amide bonds. The number of fused-ring (bicyclic) bond motifs is 1. The van der Waals surface area contributed by atoms with Gasteiger partial charge in [0.1, 0.15) is 16.5 Å². The zero-order valence-corrected chi connectivity index (χ0v) is 13.8. The third-order valence-electron chi connectivity index (χ3n) is 3.37. The minimum absolute atomic E-state index is 0.661. The smallest absolute Gasteiger partial charge is 0.139 e. The monoisotopic (exact) mass is 332 g/mol. The largest absolute Gasteiger partial charge is 0.369 e. The Morgan fingerprint density at radius 3 is 2.73 bits per heavy atom. The van der Waals surface area contributed by atoms with E-state index >= 15 is 0 Å². The highest BCUT2D eigenvalue weighted by atomic mass is 35.5. The number of rotatable bonds is 5. The van der Waals surface area contributed by atoms with Crippen molar-refractivity contribution >= 4 is 39.0 Å². The van der Waals surface area contributed by atoms with Crippen molar-refractivity contribution < 1.29 is 0 Å². The third-order valence-corrected chi connectivity index (χ3v) is 4.50. The number of benzene rings is 1. The Labute approximate surface area is 138 Å². The number of aromatic nitrogens is 2. The van der Waals surface area contributed by atoms with Crippen molar-refractivity contribution in [2.75, 3.05) is 18.4 Å². The van der Waals surface area contributed by atoms with Gasteiger partial charge in [0.05, 0.1) is 5.39 Å². The van der Waals surface area contributed by atoms with E-state index in [1.165, 1.54) is 0 Å². The van der Waals surface area contributed by atoms with Crippen LogP contribution < -0.4 is 11.1 Å². The Morgan fingerprint density at radius 2 is 2.00 bits per heavy atom. The Kier molecular flexibility index (Phi) is 4.57. The van der Waals surface area contributed by atoms with E-state index in [1.807, 2.05) is 31.2 Å². The summed E-state index contributed by atoms with van der Waals surface area (Å²) in [6.45, 7) is 3.38. The molecule has 3 aromatic rings. The van der Waals surface area contributed by atoms with Gasteiger partial charge in [-0.3, -0.25) is 0 Å². The van der Waals surface area contributed by atoms with Crippen LogP contribution >= 0.6 is 22.9 Å². The molecular formula is C16H17ClN4S. The molecule has 0 spiro atoms. The van der Waals surface area contributed by atoms with Crippen LogP contribution in [0.3, 0.4) is 0 Å². The molecule has 114 valence electrons. The molecule has 0 aliphatic carbocycles. The van der Waals surface area contributed by atoms with E-state index in [1.54, 1.807) is 11.3 Å². The van der Waals surface area contributed by atoms with Crippen LogP contribution in [0.4, 0.5) is 5.82 Å². The quantitative estimate of drug-likeness (QED) is 0.691. The second-order valence-corrected chi connectivity index (χ2v) is 6.32. The summed E-state index contributed by atoms with van der Waals surface area (Å²) in [4.78, 5) is 10.1. The van der Waals surface area contributed by atoms with E-state index in [4.69, 9.17) is 17.3 Å². The number of hydrogen-bond donors (Lipinski definition) is 2. The summed E-state index contributed by atoms with van der Waals surface area (Å²) < 4.78 is 0. The number of hydrogen-bond acceptors (Lipinski definition) is 5. The second kappa shape index (κ2) is 6.60. The number of nitrogens with zero attached hydrogens (tertiary/aromatic N) is 2. The zero-order valence-electron chi connectivity index (χ0n) is 12.3. The van der Waals surface area contributed by atoms with E-state index < -0.39 is 0 Å². The zero-order chi connectivity index (χ0) is 15.5. The highest BCUT2D eigenvalue weighted by Crippen LogP contribution is 2.37. The number of aryl methyl sites for hydroxylation is 1. The fourth-order valence-electron chi connectivity index (χ4n) is 2.33. The predicted octanol–water partition coefficient (Wildman–Crippen LogP) is 4.08. The van der Waals surface area contributed by atoms with Crippen LogP contribution in [0.15, 0.2) is 29.6 Å². The Balaban J connectivity index is 2.09. The summed E-state index contributed by atoms with van der Waals surface area (Å²) in [6.07, 6.45) is 0.908. The summed E-state index contributed by atoms with van der Waals surface area (Å²) in [5.41, 5.74) is 7.81. The molecule has 6 heteroatoms. The van der Waals surface area contributed by atoms with Gasteiger partial charge in [-0.2, -0.15) is 0 Å². The number of halogens is 1. The van der Waals surface area contributed by atoms with Crippen molar-refractivity contribution in [2.45, 2.75) is 13.3 Å². The lowest BCUT2D eigenvalue weighted by molar-refractivity contribution is 0.869. The molecule has 2 heterocycles. The lowest BCUT2D eigenvalue weighted by atomic mass is 10.1. The average molecular weight is 333 g/mol. The van der Waals surface area contributed by atoms with Gasteiger partial charge < -0.3 is 11.1 Å². The molecule has 22 heavy (non-hydrogen) atoms. The maximum absolute atomic E-state index is 5.98. The Morgan fingerprint density at radius 1 is 1.23 bits per heavy atom. The van der Waals surface area contributed by atoms with Crippen LogP contribution in [0.25, 0.3) is 21.3 Å². The van der Waals surface area contributed by atoms with Crippen molar-refractivity contribution in [2.24, 2.45) is 5.73 Å². The molecule has 0 bridgehead atoms. The molecule has 0 atom stereocenters. The van der Waals surface area contributed by atoms with Crippen molar-refractivity contribution in [3.63, 3.8) is 0 Å². The van der Waals surface area contributed by atoms with E-state index in [-0.39, 0.29) is 0 Å². The van der Waals surface area contributed by atoms with Crippen LogP contribution in [0.1, 0.15) is 12.2 Å². The van der Waals surface area contributed by atoms with Gasteiger partial charge in [0, 0.05) is 22.5 Å². The molecule has 3 rings (SSSR count). The second-order valence-electron chi connectivity index (χ2n) is 5.02. The molecule has 4 nitrogen and oxygen atoms in total. The van der Waals surface area contributed by atoms with Crippen LogP contribution in [0.2, 0.25) is 5.02 Å². The molecule has 0 aliphatic rings. The van der Waals surface area contributed by atoms with Gasteiger partial charge in [-0.05, 0) is 37.6 Å². The molecule has 0 unspecified atom stereocenters. The lowest BCUT2D eigenvalue weighted by Crippen LogP contribution is -2.10. The van der Waals surface area contributed by atoms with Crippen LogP contribution in [-0.4, -0.2) is 23.1 Å². The molecule has 3 N–H and O–H groups in total. The van der Waals surface area contributed by atoms with E-state index in [0.29, 0.717) is 6.54 Å². The first-order chi connectivity index (χ1) is 10.7. The van der Waals surface area contributed by atoms with Gasteiger partial charge in [-0.25, -0.2) is 9.97 Å². The summed E-state index contributed by atoms with van der Waals surface area (Å²) in [5, 5.41) is 7.31. The highest BCUT2D eigenvalue weighted by Gasteiger charge is 2.14. The van der Waals surface area contributed by atoms with E-state index in [9.17, 15) is 0 Å². The molecule has 0 saturated heterocycles. The van der Waals surface area contributed by atoms with Crippen LogP contribution in [-0.2, 0) is 0 Å². The molecule has 0 radical (unpaired) electrons. The highest BCUT2D eigenvalue weighted by molar-refractivity contribution is 7.17. The molecule has 2 aromatic heterocycles. The van der Waals surface area contributed by atoms with E-state index in [0.717, 1.165) is 51.0 Å². The maximum atomic E-state index is 5.98. The van der Waals surface area contributed by atoms with Gasteiger partial charge in [0.2, 0.25) is 0 Å². The van der Waals surface area contributed by atoms with Gasteiger partial charge in [-0.15, -0.1) is 11.3 Å². The summed E-state index contributed by atoms with van der Waals surface area (Å²) in [5.74, 6) is 1.65. The molecule has 0 aliphatic heterocycles. The van der Waals surface area contributed by atoms with E-state index in [2.05, 4.69) is 20.7 Å².